The fraction of sp³-hybridized carbons (Fsp3) is 0.860. The first-order chi connectivity index (χ1) is 26.7. The predicted octanol–water partition coefficient (Wildman–Crippen LogP) is 15.4. The zero-order valence-electron chi connectivity index (χ0n) is 36.5. The van der Waals surface area contributed by atoms with Gasteiger partial charge in [-0.25, -0.2) is 0 Å². The molecule has 0 aliphatic carbocycles. The summed E-state index contributed by atoms with van der Waals surface area (Å²) in [6.07, 6.45) is 61.5. The topological polar surface area (TPSA) is 69.6 Å². The third-order valence-electron chi connectivity index (χ3n) is 11.1. The number of carbonyl (C=O) groups excluding carboxylic acids is 1. The largest absolute Gasteiger partial charge is 0.394 e. The molecular formula is C50H95NO3. The van der Waals surface area contributed by atoms with Crippen molar-refractivity contribution < 1.29 is 15.0 Å². The van der Waals surface area contributed by atoms with Gasteiger partial charge in [-0.15, -0.1) is 0 Å². The molecule has 1 amide bonds. The molecule has 318 valence electrons. The van der Waals surface area contributed by atoms with Gasteiger partial charge in [-0.1, -0.05) is 230 Å². The number of unbranched alkanes of at least 4 members (excludes halogenated alkanes) is 33. The minimum Gasteiger partial charge on any atom is -0.394 e. The minimum absolute atomic E-state index is 0.0732. The highest BCUT2D eigenvalue weighted by Gasteiger charge is 2.17. The van der Waals surface area contributed by atoms with Gasteiger partial charge >= 0.3 is 0 Å². The van der Waals surface area contributed by atoms with Gasteiger partial charge in [0.25, 0.3) is 0 Å². The first-order valence-corrected chi connectivity index (χ1v) is 24.2. The molecule has 0 aromatic rings. The van der Waals surface area contributed by atoms with Gasteiger partial charge < -0.3 is 15.5 Å². The van der Waals surface area contributed by atoms with Crippen LogP contribution in [0.1, 0.15) is 258 Å². The Labute approximate surface area is 338 Å². The summed E-state index contributed by atoms with van der Waals surface area (Å²) in [4.78, 5) is 12.4. The van der Waals surface area contributed by atoms with Crippen molar-refractivity contribution >= 4 is 5.91 Å². The Kier molecular flexibility index (Phi) is 44.8. The first-order valence-electron chi connectivity index (χ1n) is 24.2. The van der Waals surface area contributed by atoms with E-state index in [0.717, 1.165) is 32.1 Å². The molecule has 0 radical (unpaired) electrons. The molecule has 0 rings (SSSR count). The van der Waals surface area contributed by atoms with E-state index in [1.807, 2.05) is 6.08 Å². The van der Waals surface area contributed by atoms with Gasteiger partial charge in [-0.3, -0.25) is 4.79 Å². The minimum atomic E-state index is -0.859. The Morgan fingerprint density at radius 2 is 0.722 bits per heavy atom. The maximum Gasteiger partial charge on any atom is 0.220 e. The second-order valence-electron chi connectivity index (χ2n) is 16.5. The highest BCUT2D eigenvalue weighted by Crippen LogP contribution is 2.16. The molecule has 3 N–H and O–H groups in total. The lowest BCUT2D eigenvalue weighted by Crippen LogP contribution is -2.45. The molecule has 0 fully saturated rings. The fourth-order valence-corrected chi connectivity index (χ4v) is 7.37. The van der Waals surface area contributed by atoms with Crippen molar-refractivity contribution in [3.05, 3.63) is 36.5 Å². The Hall–Kier alpha value is -1.39. The van der Waals surface area contributed by atoms with Gasteiger partial charge in [0.15, 0.2) is 0 Å². The zero-order valence-corrected chi connectivity index (χ0v) is 36.5. The average molecular weight is 758 g/mol. The second-order valence-corrected chi connectivity index (χ2v) is 16.5. The van der Waals surface area contributed by atoms with E-state index in [4.69, 9.17) is 0 Å². The highest BCUT2D eigenvalue weighted by molar-refractivity contribution is 5.76. The Morgan fingerprint density at radius 3 is 1.07 bits per heavy atom. The quantitative estimate of drug-likeness (QED) is 0.0428. The molecule has 0 bridgehead atoms. The summed E-state index contributed by atoms with van der Waals surface area (Å²) in [6.45, 7) is 4.28. The van der Waals surface area contributed by atoms with E-state index in [-0.39, 0.29) is 12.5 Å². The number of allylic oxidation sites excluding steroid dienone is 5. The van der Waals surface area contributed by atoms with Crippen molar-refractivity contribution in [2.45, 2.75) is 270 Å². The average Bonchev–Trinajstić information content (AvgIpc) is 3.18. The summed E-state index contributed by atoms with van der Waals surface area (Å²) in [5, 5.41) is 22.9. The number of nitrogens with one attached hydrogen (secondary N) is 1. The normalized spacial score (nSPS) is 13.2. The van der Waals surface area contributed by atoms with Crippen LogP contribution in [0.25, 0.3) is 0 Å². The van der Waals surface area contributed by atoms with Crippen molar-refractivity contribution in [2.24, 2.45) is 0 Å². The summed E-state index contributed by atoms with van der Waals surface area (Å²) in [6, 6.07) is -0.636. The lowest BCUT2D eigenvalue weighted by atomic mass is 10.0. The molecule has 4 nitrogen and oxygen atoms in total. The number of aliphatic hydroxyl groups excluding tert-OH is 2. The van der Waals surface area contributed by atoms with E-state index in [9.17, 15) is 15.0 Å². The van der Waals surface area contributed by atoms with Crippen molar-refractivity contribution in [1.29, 1.82) is 0 Å². The third-order valence-corrected chi connectivity index (χ3v) is 11.1. The van der Waals surface area contributed by atoms with Crippen molar-refractivity contribution in [3.63, 3.8) is 0 Å². The third kappa shape index (κ3) is 41.8. The number of amides is 1. The Balaban J connectivity index is 3.44. The van der Waals surface area contributed by atoms with Crippen LogP contribution in [0.15, 0.2) is 36.5 Å². The smallest absolute Gasteiger partial charge is 0.220 e. The van der Waals surface area contributed by atoms with Crippen LogP contribution in [0.4, 0.5) is 0 Å². The number of carbonyl (C=O) groups is 1. The van der Waals surface area contributed by atoms with Gasteiger partial charge in [-0.2, -0.15) is 0 Å². The fourth-order valence-electron chi connectivity index (χ4n) is 7.37. The van der Waals surface area contributed by atoms with Crippen molar-refractivity contribution in [1.82, 2.24) is 5.32 Å². The van der Waals surface area contributed by atoms with E-state index < -0.39 is 12.1 Å². The molecule has 2 unspecified atom stereocenters. The maximum absolute atomic E-state index is 12.4. The summed E-state index contributed by atoms with van der Waals surface area (Å²) in [5.41, 5.74) is 0. The molecule has 4 heteroatoms. The van der Waals surface area contributed by atoms with Crippen LogP contribution in [-0.4, -0.2) is 34.9 Å². The van der Waals surface area contributed by atoms with Gasteiger partial charge in [0.2, 0.25) is 5.91 Å². The Morgan fingerprint density at radius 1 is 0.426 bits per heavy atom. The number of hydrogen-bond acceptors (Lipinski definition) is 3. The predicted molar refractivity (Wildman–Crippen MR) is 239 cm³/mol. The van der Waals surface area contributed by atoms with Crippen LogP contribution in [-0.2, 0) is 4.79 Å². The van der Waals surface area contributed by atoms with Crippen molar-refractivity contribution in [3.8, 4) is 0 Å². The van der Waals surface area contributed by atoms with Crippen LogP contribution in [0.3, 0.4) is 0 Å². The molecule has 0 saturated heterocycles. The number of rotatable bonds is 44. The van der Waals surface area contributed by atoms with E-state index in [1.54, 1.807) is 6.08 Å². The lowest BCUT2D eigenvalue weighted by molar-refractivity contribution is -0.123. The van der Waals surface area contributed by atoms with Gasteiger partial charge in [0.05, 0.1) is 18.8 Å². The van der Waals surface area contributed by atoms with E-state index in [0.29, 0.717) is 6.42 Å². The number of aliphatic hydroxyl groups is 2. The maximum atomic E-state index is 12.4. The van der Waals surface area contributed by atoms with Gasteiger partial charge in [0.1, 0.15) is 0 Å². The zero-order chi connectivity index (χ0) is 39.3. The summed E-state index contributed by atoms with van der Waals surface area (Å²) >= 11 is 0. The molecule has 2 atom stereocenters. The molecule has 0 heterocycles. The molecule has 0 aliphatic rings. The van der Waals surface area contributed by atoms with E-state index in [1.165, 1.54) is 205 Å². The molecule has 0 aliphatic heterocycles. The van der Waals surface area contributed by atoms with Crippen LogP contribution >= 0.6 is 0 Å². The summed E-state index contributed by atoms with van der Waals surface area (Å²) < 4.78 is 0. The first kappa shape index (κ1) is 52.6. The van der Waals surface area contributed by atoms with Crippen LogP contribution in [0, 0.1) is 0 Å². The second kappa shape index (κ2) is 46.0. The molecule has 0 saturated carbocycles. The number of hydrogen-bond donors (Lipinski definition) is 3. The molecule has 0 aromatic heterocycles. The van der Waals surface area contributed by atoms with Crippen LogP contribution < -0.4 is 5.32 Å². The van der Waals surface area contributed by atoms with Crippen LogP contribution in [0.2, 0.25) is 0 Å². The SMILES string of the molecule is CCCCCCC/C=C/CC/C=C/C(O)C(CO)NC(=O)CCCCCCCCCCCCCCCCC/C=C\CCCCCCCCCCCCCC. The molecule has 0 aromatic carbocycles. The lowest BCUT2D eigenvalue weighted by Gasteiger charge is -2.19. The van der Waals surface area contributed by atoms with Crippen molar-refractivity contribution in [2.75, 3.05) is 6.61 Å². The standard InChI is InChI=1S/C50H95NO3/c1-3-5-7-9-11-13-15-16-17-18-19-20-21-22-23-24-25-26-27-28-29-30-31-32-33-34-36-38-40-42-44-46-50(54)51-48(47-52)49(53)45-43-41-39-37-35-14-12-10-8-6-4-2/h22-23,35,37,43,45,48-49,52-53H,3-21,24-34,36,38-42,44,46-47H2,1-2H3,(H,51,54)/b23-22-,37-35+,45-43+. The van der Waals surface area contributed by atoms with Crippen LogP contribution in [0.5, 0.6) is 0 Å². The van der Waals surface area contributed by atoms with Gasteiger partial charge in [-0.05, 0) is 57.8 Å². The monoisotopic (exact) mass is 758 g/mol. The van der Waals surface area contributed by atoms with E-state index >= 15 is 0 Å². The Bertz CT molecular complexity index is 821. The molecule has 54 heavy (non-hydrogen) atoms. The molecular weight excluding hydrogens is 663 g/mol. The van der Waals surface area contributed by atoms with E-state index in [2.05, 4.69) is 43.5 Å². The van der Waals surface area contributed by atoms with Gasteiger partial charge in [0, 0.05) is 6.42 Å². The highest BCUT2D eigenvalue weighted by atomic mass is 16.3. The molecule has 0 spiro atoms. The summed E-state index contributed by atoms with van der Waals surface area (Å²) in [5.74, 6) is -0.0732. The summed E-state index contributed by atoms with van der Waals surface area (Å²) in [7, 11) is 0.